The summed E-state index contributed by atoms with van der Waals surface area (Å²) in [6, 6.07) is 7.68. The number of nitrogens with one attached hydrogen (secondary N) is 2. The molecule has 0 spiro atoms. The van der Waals surface area contributed by atoms with Crippen molar-refractivity contribution < 1.29 is 8.42 Å². The van der Waals surface area contributed by atoms with E-state index in [0.717, 1.165) is 29.6 Å². The molecule has 1 aliphatic rings. The number of hydrogen-bond donors (Lipinski definition) is 2. The molecule has 0 radical (unpaired) electrons. The Hall–Kier alpha value is -1.18. The monoisotopic (exact) mass is 297 g/mol. The van der Waals surface area contributed by atoms with Crippen LogP contribution in [0.15, 0.2) is 24.3 Å². The number of aromatic nitrogens is 1. The molecule has 3 rings (SSSR count). The van der Waals surface area contributed by atoms with Crippen LogP contribution >= 0.6 is 11.3 Å². The maximum absolute atomic E-state index is 12.0. The van der Waals surface area contributed by atoms with Gasteiger partial charge in [-0.3, -0.25) is 4.72 Å². The van der Waals surface area contributed by atoms with E-state index in [1.165, 1.54) is 11.3 Å². The van der Waals surface area contributed by atoms with Gasteiger partial charge < -0.3 is 5.32 Å². The third kappa shape index (κ3) is 3.05. The minimum absolute atomic E-state index is 0.0619. The van der Waals surface area contributed by atoms with Gasteiger partial charge in [0.1, 0.15) is 0 Å². The van der Waals surface area contributed by atoms with Crippen molar-refractivity contribution in [2.45, 2.75) is 18.9 Å². The van der Waals surface area contributed by atoms with Crippen molar-refractivity contribution in [1.29, 1.82) is 0 Å². The molecule has 0 amide bonds. The van der Waals surface area contributed by atoms with Gasteiger partial charge >= 0.3 is 0 Å². The SMILES string of the molecule is O=S(=O)(CC1CCCN1)Nc1nc2ccccc2s1. The minimum atomic E-state index is -3.33. The average molecular weight is 297 g/mol. The zero-order valence-electron chi connectivity index (χ0n) is 10.3. The molecule has 1 fully saturated rings. The van der Waals surface area contributed by atoms with Crippen LogP contribution in [0.5, 0.6) is 0 Å². The van der Waals surface area contributed by atoms with E-state index in [4.69, 9.17) is 0 Å². The third-order valence-electron chi connectivity index (χ3n) is 3.12. The Balaban J connectivity index is 1.75. The van der Waals surface area contributed by atoms with Gasteiger partial charge in [-0.05, 0) is 31.5 Å². The normalized spacial score (nSPS) is 19.9. The van der Waals surface area contributed by atoms with Crippen LogP contribution in [0.4, 0.5) is 5.13 Å². The number of nitrogens with zero attached hydrogens (tertiary/aromatic N) is 1. The fourth-order valence-corrected chi connectivity index (χ4v) is 4.73. The summed E-state index contributed by atoms with van der Waals surface area (Å²) in [5.41, 5.74) is 0.823. The second-order valence-corrected chi connectivity index (χ2v) is 7.46. The second kappa shape index (κ2) is 5.07. The molecule has 1 saturated heterocycles. The van der Waals surface area contributed by atoms with Crippen LogP contribution in [-0.2, 0) is 10.0 Å². The molecule has 2 aromatic rings. The second-order valence-electron chi connectivity index (χ2n) is 4.66. The highest BCUT2D eigenvalue weighted by Gasteiger charge is 2.22. The van der Waals surface area contributed by atoms with E-state index in [9.17, 15) is 8.42 Å². The van der Waals surface area contributed by atoms with Crippen molar-refractivity contribution in [3.8, 4) is 0 Å². The minimum Gasteiger partial charge on any atom is -0.313 e. The molecule has 2 heterocycles. The van der Waals surface area contributed by atoms with Crippen LogP contribution in [0.25, 0.3) is 10.2 Å². The zero-order valence-corrected chi connectivity index (χ0v) is 11.9. The summed E-state index contributed by atoms with van der Waals surface area (Å²) in [5.74, 6) is 0.114. The molecule has 1 atom stereocenters. The fourth-order valence-electron chi connectivity index (χ4n) is 2.25. The van der Waals surface area contributed by atoms with E-state index in [1.54, 1.807) is 0 Å². The summed E-state index contributed by atoms with van der Waals surface area (Å²) < 4.78 is 27.7. The molecule has 0 saturated carbocycles. The van der Waals surface area contributed by atoms with Crippen molar-refractivity contribution in [2.75, 3.05) is 17.0 Å². The lowest BCUT2D eigenvalue weighted by Gasteiger charge is -2.10. The first-order valence-electron chi connectivity index (χ1n) is 6.22. The molecule has 2 N–H and O–H groups in total. The highest BCUT2D eigenvalue weighted by Crippen LogP contribution is 2.26. The molecule has 19 heavy (non-hydrogen) atoms. The number of thiazole rings is 1. The van der Waals surface area contributed by atoms with Gasteiger partial charge in [0.15, 0.2) is 5.13 Å². The van der Waals surface area contributed by atoms with E-state index >= 15 is 0 Å². The van der Waals surface area contributed by atoms with Crippen molar-refractivity contribution in [1.82, 2.24) is 10.3 Å². The van der Waals surface area contributed by atoms with Crippen LogP contribution in [-0.4, -0.2) is 31.7 Å². The lowest BCUT2D eigenvalue weighted by atomic mass is 10.3. The maximum atomic E-state index is 12.0. The Kier molecular flexibility index (Phi) is 3.42. The number of sulfonamides is 1. The number of rotatable bonds is 4. The van der Waals surface area contributed by atoms with Gasteiger partial charge in [0.05, 0.1) is 16.0 Å². The summed E-state index contributed by atoms with van der Waals surface area (Å²) in [6.45, 7) is 0.904. The third-order valence-corrected chi connectivity index (χ3v) is 5.55. The molecule has 102 valence electrons. The Morgan fingerprint density at radius 1 is 1.42 bits per heavy atom. The Morgan fingerprint density at radius 3 is 3.00 bits per heavy atom. The molecule has 1 aliphatic heterocycles. The Morgan fingerprint density at radius 2 is 2.26 bits per heavy atom. The maximum Gasteiger partial charge on any atom is 0.236 e. The summed E-state index contributed by atoms with van der Waals surface area (Å²) in [4.78, 5) is 4.28. The molecule has 1 aromatic heterocycles. The summed E-state index contributed by atoms with van der Waals surface area (Å²) in [6.07, 6.45) is 1.96. The standard InChI is InChI=1S/C12H15N3O2S2/c16-19(17,8-9-4-3-7-13-9)15-12-14-10-5-1-2-6-11(10)18-12/h1-2,5-6,9,13H,3-4,7-8H2,(H,14,15). The van der Waals surface area contributed by atoms with Crippen LogP contribution in [0.3, 0.4) is 0 Å². The number of fused-ring (bicyclic) bond motifs is 1. The number of hydrogen-bond acceptors (Lipinski definition) is 5. The largest absolute Gasteiger partial charge is 0.313 e. The summed E-state index contributed by atoms with van der Waals surface area (Å²) >= 11 is 1.36. The first-order valence-corrected chi connectivity index (χ1v) is 8.69. The van der Waals surface area contributed by atoms with Crippen LogP contribution in [0.2, 0.25) is 0 Å². The van der Waals surface area contributed by atoms with Crippen LogP contribution in [0.1, 0.15) is 12.8 Å². The topological polar surface area (TPSA) is 71.1 Å². The van der Waals surface area contributed by atoms with Crippen LogP contribution in [0, 0.1) is 0 Å². The summed E-state index contributed by atoms with van der Waals surface area (Å²) in [5, 5.41) is 3.63. The Labute approximate surface area is 116 Å². The first kappa shape index (κ1) is 12.8. The molecule has 5 nitrogen and oxygen atoms in total. The number of anilines is 1. The van der Waals surface area contributed by atoms with Crippen molar-refractivity contribution in [3.63, 3.8) is 0 Å². The van der Waals surface area contributed by atoms with Gasteiger partial charge in [-0.1, -0.05) is 23.5 Å². The molecule has 0 aliphatic carbocycles. The van der Waals surface area contributed by atoms with Gasteiger partial charge in [0, 0.05) is 6.04 Å². The van der Waals surface area contributed by atoms with Crippen molar-refractivity contribution >= 4 is 36.7 Å². The smallest absolute Gasteiger partial charge is 0.236 e. The van der Waals surface area contributed by atoms with Crippen molar-refractivity contribution in [3.05, 3.63) is 24.3 Å². The highest BCUT2D eigenvalue weighted by atomic mass is 32.2. The van der Waals surface area contributed by atoms with E-state index in [1.807, 2.05) is 24.3 Å². The van der Waals surface area contributed by atoms with E-state index < -0.39 is 10.0 Å². The number of benzene rings is 1. The number of para-hydroxylation sites is 1. The van der Waals surface area contributed by atoms with Gasteiger partial charge in [-0.25, -0.2) is 13.4 Å². The van der Waals surface area contributed by atoms with E-state index in [0.29, 0.717) is 5.13 Å². The average Bonchev–Trinajstić information content (AvgIpc) is 2.95. The lowest BCUT2D eigenvalue weighted by molar-refractivity contribution is 0.582. The van der Waals surface area contributed by atoms with E-state index in [2.05, 4.69) is 15.0 Å². The molecule has 7 heteroatoms. The zero-order chi connectivity index (χ0) is 13.3. The van der Waals surface area contributed by atoms with Gasteiger partial charge in [-0.2, -0.15) is 0 Å². The fraction of sp³-hybridized carbons (Fsp3) is 0.417. The first-order chi connectivity index (χ1) is 9.12. The molecule has 0 bridgehead atoms. The quantitative estimate of drug-likeness (QED) is 0.902. The Bertz CT molecular complexity index is 642. The van der Waals surface area contributed by atoms with E-state index in [-0.39, 0.29) is 11.8 Å². The predicted molar refractivity (Wildman–Crippen MR) is 78.1 cm³/mol. The highest BCUT2D eigenvalue weighted by molar-refractivity contribution is 7.92. The molecule has 1 aromatic carbocycles. The van der Waals surface area contributed by atoms with Gasteiger partial charge in [-0.15, -0.1) is 0 Å². The lowest BCUT2D eigenvalue weighted by Crippen LogP contribution is -2.32. The summed E-state index contributed by atoms with van der Waals surface area (Å²) in [7, 11) is -3.33. The van der Waals surface area contributed by atoms with Gasteiger partial charge in [0.25, 0.3) is 0 Å². The molecular formula is C12H15N3O2S2. The van der Waals surface area contributed by atoms with Crippen molar-refractivity contribution in [2.24, 2.45) is 0 Å². The van der Waals surface area contributed by atoms with Crippen LogP contribution < -0.4 is 10.0 Å². The molecule has 1 unspecified atom stereocenters. The van der Waals surface area contributed by atoms with Gasteiger partial charge in [0.2, 0.25) is 10.0 Å². The predicted octanol–water partition coefficient (Wildman–Crippen LogP) is 1.79. The molecular weight excluding hydrogens is 282 g/mol.